The molecule has 5 nitrogen and oxygen atoms in total. The van der Waals surface area contributed by atoms with Crippen molar-refractivity contribution in [2.45, 2.75) is 32.1 Å². The lowest BCUT2D eigenvalue weighted by Crippen LogP contribution is -2.29. The smallest absolute Gasteiger partial charge is 0.264 e. The summed E-state index contributed by atoms with van der Waals surface area (Å²) in [5.41, 5.74) is 1.02. The van der Waals surface area contributed by atoms with Gasteiger partial charge in [-0.2, -0.15) is 0 Å². The number of nitrogens with one attached hydrogen (secondary N) is 1. The van der Waals surface area contributed by atoms with Crippen LogP contribution in [0.5, 0.6) is 0 Å². The van der Waals surface area contributed by atoms with E-state index in [4.69, 9.17) is 0 Å². The van der Waals surface area contributed by atoms with Crippen molar-refractivity contribution < 1.29 is 13.2 Å². The first-order chi connectivity index (χ1) is 12.1. The van der Waals surface area contributed by atoms with E-state index in [1.807, 2.05) is 6.07 Å². The average molecular weight is 375 g/mol. The molecule has 1 amide bonds. The molecule has 0 radical (unpaired) electrons. The number of carbonyl (C=O) groups is 1. The van der Waals surface area contributed by atoms with Gasteiger partial charge in [-0.15, -0.1) is 0 Å². The first-order valence-electron chi connectivity index (χ1n) is 8.53. The number of hydrogen-bond donors (Lipinski definition) is 1. The molecule has 2 aromatic carbocycles. The maximum absolute atomic E-state index is 12.8. The summed E-state index contributed by atoms with van der Waals surface area (Å²) in [7, 11) is -2.24. The summed E-state index contributed by atoms with van der Waals surface area (Å²) in [6.45, 7) is 6.85. The monoisotopic (exact) mass is 374 g/mol. The van der Waals surface area contributed by atoms with E-state index in [2.05, 4.69) is 26.1 Å². The molecular weight excluding hydrogens is 348 g/mol. The van der Waals surface area contributed by atoms with Crippen molar-refractivity contribution in [2.24, 2.45) is 5.41 Å². The average Bonchev–Trinajstić information content (AvgIpc) is 2.60. The van der Waals surface area contributed by atoms with Crippen LogP contribution in [0.3, 0.4) is 0 Å². The fourth-order valence-electron chi connectivity index (χ4n) is 2.39. The van der Waals surface area contributed by atoms with E-state index in [-0.39, 0.29) is 16.2 Å². The molecule has 1 N–H and O–H groups in total. The fraction of sp³-hybridized carbons (Fsp3) is 0.350. The van der Waals surface area contributed by atoms with Gasteiger partial charge in [-0.05, 0) is 42.2 Å². The number of amides is 1. The van der Waals surface area contributed by atoms with Crippen LogP contribution in [0.2, 0.25) is 0 Å². The maximum Gasteiger partial charge on any atom is 0.264 e. The minimum Gasteiger partial charge on any atom is -0.352 e. The zero-order chi connectivity index (χ0) is 19.4. The third kappa shape index (κ3) is 5.08. The van der Waals surface area contributed by atoms with Crippen molar-refractivity contribution in [1.29, 1.82) is 0 Å². The second-order valence-corrected chi connectivity index (χ2v) is 9.37. The SMILES string of the molecule is CN(c1ccccc1)S(=O)(=O)c1cccc(C(=O)NCCC(C)(C)C)c1. The van der Waals surface area contributed by atoms with E-state index < -0.39 is 10.0 Å². The van der Waals surface area contributed by atoms with Crippen molar-refractivity contribution >= 4 is 21.6 Å². The highest BCUT2D eigenvalue weighted by Crippen LogP contribution is 2.22. The van der Waals surface area contributed by atoms with E-state index in [0.717, 1.165) is 6.42 Å². The van der Waals surface area contributed by atoms with E-state index in [0.29, 0.717) is 17.8 Å². The van der Waals surface area contributed by atoms with Gasteiger partial charge in [0.15, 0.2) is 0 Å². The van der Waals surface area contributed by atoms with Crippen molar-refractivity contribution in [2.75, 3.05) is 17.9 Å². The summed E-state index contributed by atoms with van der Waals surface area (Å²) in [4.78, 5) is 12.4. The van der Waals surface area contributed by atoms with Crippen molar-refractivity contribution in [3.05, 3.63) is 60.2 Å². The number of carbonyl (C=O) groups excluding carboxylic acids is 1. The number of nitrogens with zero attached hydrogens (tertiary/aromatic N) is 1. The molecule has 0 saturated heterocycles. The predicted octanol–water partition coefficient (Wildman–Crippen LogP) is 3.68. The predicted molar refractivity (Wildman–Crippen MR) is 105 cm³/mol. The summed E-state index contributed by atoms with van der Waals surface area (Å²) >= 11 is 0. The van der Waals surface area contributed by atoms with Crippen LogP contribution in [0.25, 0.3) is 0 Å². The molecule has 0 fully saturated rings. The van der Waals surface area contributed by atoms with E-state index in [9.17, 15) is 13.2 Å². The van der Waals surface area contributed by atoms with Gasteiger partial charge < -0.3 is 5.32 Å². The largest absolute Gasteiger partial charge is 0.352 e. The van der Waals surface area contributed by atoms with Crippen LogP contribution >= 0.6 is 0 Å². The number of para-hydroxylation sites is 1. The van der Waals surface area contributed by atoms with Gasteiger partial charge in [-0.1, -0.05) is 45.0 Å². The fourth-order valence-corrected chi connectivity index (χ4v) is 3.63. The topological polar surface area (TPSA) is 66.5 Å². The lowest BCUT2D eigenvalue weighted by molar-refractivity contribution is 0.0949. The second-order valence-electron chi connectivity index (χ2n) is 7.40. The number of sulfonamides is 1. The Balaban J connectivity index is 2.18. The van der Waals surface area contributed by atoms with Crippen LogP contribution < -0.4 is 9.62 Å². The molecule has 26 heavy (non-hydrogen) atoms. The molecule has 0 aliphatic heterocycles. The van der Waals surface area contributed by atoms with Gasteiger partial charge in [0.2, 0.25) is 0 Å². The summed E-state index contributed by atoms with van der Waals surface area (Å²) in [6.07, 6.45) is 0.841. The highest BCUT2D eigenvalue weighted by atomic mass is 32.2. The molecule has 0 aliphatic carbocycles. The molecular formula is C20H26N2O3S. The lowest BCUT2D eigenvalue weighted by atomic mass is 9.92. The molecule has 0 aromatic heterocycles. The van der Waals surface area contributed by atoms with Gasteiger partial charge in [-0.3, -0.25) is 9.10 Å². The number of benzene rings is 2. The molecule has 0 spiro atoms. The number of anilines is 1. The summed E-state index contributed by atoms with van der Waals surface area (Å²) in [6, 6.07) is 15.0. The summed E-state index contributed by atoms with van der Waals surface area (Å²) in [5.74, 6) is -0.270. The second kappa shape index (κ2) is 7.91. The van der Waals surface area contributed by atoms with Crippen molar-refractivity contribution in [3.63, 3.8) is 0 Å². The first kappa shape index (κ1) is 20.0. The van der Waals surface area contributed by atoms with Crippen LogP contribution in [0, 0.1) is 5.41 Å². The van der Waals surface area contributed by atoms with Gasteiger partial charge in [0.05, 0.1) is 10.6 Å². The molecule has 0 saturated carbocycles. The van der Waals surface area contributed by atoms with Crippen LogP contribution in [0.1, 0.15) is 37.6 Å². The standard InChI is InChI=1S/C20H26N2O3S/c1-20(2,3)13-14-21-19(23)16-9-8-12-18(15-16)26(24,25)22(4)17-10-6-5-7-11-17/h5-12,15H,13-14H2,1-4H3,(H,21,23). The Kier molecular flexibility index (Phi) is 6.08. The summed E-state index contributed by atoms with van der Waals surface area (Å²) in [5, 5.41) is 2.85. The Morgan fingerprint density at radius 3 is 2.31 bits per heavy atom. The Labute approximate surface area is 156 Å². The molecule has 6 heteroatoms. The third-order valence-corrected chi connectivity index (χ3v) is 5.82. The number of hydrogen-bond acceptors (Lipinski definition) is 3. The van der Waals surface area contributed by atoms with Crippen LogP contribution in [0.15, 0.2) is 59.5 Å². The van der Waals surface area contributed by atoms with Gasteiger partial charge >= 0.3 is 0 Å². The van der Waals surface area contributed by atoms with Gasteiger partial charge in [-0.25, -0.2) is 8.42 Å². The Morgan fingerprint density at radius 2 is 1.69 bits per heavy atom. The highest BCUT2D eigenvalue weighted by Gasteiger charge is 2.22. The van der Waals surface area contributed by atoms with Crippen molar-refractivity contribution in [3.8, 4) is 0 Å². The maximum atomic E-state index is 12.8. The Morgan fingerprint density at radius 1 is 1.04 bits per heavy atom. The Bertz CT molecular complexity index is 856. The zero-order valence-corrected chi connectivity index (χ0v) is 16.5. The van der Waals surface area contributed by atoms with E-state index >= 15 is 0 Å². The normalized spacial score (nSPS) is 11.8. The van der Waals surface area contributed by atoms with E-state index in [1.54, 1.807) is 36.4 Å². The van der Waals surface area contributed by atoms with Crippen LogP contribution in [0.4, 0.5) is 5.69 Å². The Hall–Kier alpha value is -2.34. The molecule has 0 heterocycles. The van der Waals surface area contributed by atoms with Gasteiger partial charge in [0.1, 0.15) is 0 Å². The quantitative estimate of drug-likeness (QED) is 0.839. The van der Waals surface area contributed by atoms with E-state index in [1.165, 1.54) is 23.5 Å². The van der Waals surface area contributed by atoms with Crippen molar-refractivity contribution in [1.82, 2.24) is 5.32 Å². The molecule has 0 atom stereocenters. The molecule has 2 aromatic rings. The van der Waals surface area contributed by atoms with Gasteiger partial charge in [0.25, 0.3) is 15.9 Å². The minimum absolute atomic E-state index is 0.0901. The summed E-state index contributed by atoms with van der Waals surface area (Å²) < 4.78 is 26.9. The molecule has 0 unspecified atom stereocenters. The minimum atomic E-state index is -3.74. The highest BCUT2D eigenvalue weighted by molar-refractivity contribution is 7.92. The van der Waals surface area contributed by atoms with Gasteiger partial charge in [0, 0.05) is 19.2 Å². The third-order valence-electron chi connectivity index (χ3n) is 4.03. The van der Waals surface area contributed by atoms with Crippen LogP contribution in [-0.2, 0) is 10.0 Å². The molecule has 2 rings (SSSR count). The van der Waals surface area contributed by atoms with Crippen LogP contribution in [-0.4, -0.2) is 27.9 Å². The molecule has 0 aliphatic rings. The number of rotatable bonds is 6. The molecule has 0 bridgehead atoms. The zero-order valence-electron chi connectivity index (χ0n) is 15.7. The lowest BCUT2D eigenvalue weighted by Gasteiger charge is -2.20. The first-order valence-corrected chi connectivity index (χ1v) is 9.97. The molecule has 140 valence electrons.